The zero-order chi connectivity index (χ0) is 20.1. The van der Waals surface area contributed by atoms with E-state index in [0.717, 1.165) is 29.2 Å². The number of hydrogen-bond donors (Lipinski definition) is 2. The molecule has 0 bridgehead atoms. The summed E-state index contributed by atoms with van der Waals surface area (Å²) in [4.78, 5) is 15.3. The fraction of sp³-hybridized carbons (Fsp3) is 0.130. The topological polar surface area (TPSA) is 80.7 Å². The molecule has 146 valence electrons. The molecule has 0 aliphatic carbocycles. The third-order valence-corrected chi connectivity index (χ3v) is 4.67. The molecule has 0 radical (unpaired) electrons. The molecule has 29 heavy (non-hydrogen) atoms. The highest BCUT2D eigenvalue weighted by atomic mass is 16.5. The van der Waals surface area contributed by atoms with Gasteiger partial charge in [0.2, 0.25) is 0 Å². The Bertz CT molecular complexity index is 1030. The van der Waals surface area contributed by atoms with Gasteiger partial charge >= 0.3 is 5.97 Å². The van der Waals surface area contributed by atoms with E-state index in [1.807, 2.05) is 54.6 Å². The van der Waals surface area contributed by atoms with Crippen LogP contribution in [0.25, 0.3) is 0 Å². The van der Waals surface area contributed by atoms with E-state index in [-0.39, 0.29) is 11.5 Å². The van der Waals surface area contributed by atoms with Gasteiger partial charge in [-0.25, -0.2) is 4.79 Å². The van der Waals surface area contributed by atoms with Crippen molar-refractivity contribution in [1.82, 2.24) is 4.98 Å². The van der Waals surface area contributed by atoms with Crippen molar-refractivity contribution in [3.05, 3.63) is 90.4 Å². The van der Waals surface area contributed by atoms with Crippen molar-refractivity contribution >= 4 is 11.7 Å². The van der Waals surface area contributed by atoms with E-state index in [0.29, 0.717) is 12.3 Å². The number of nitrogens with zero attached hydrogens (tertiary/aromatic N) is 1. The number of nitrogens with one attached hydrogen (secondary N) is 1. The smallest absolute Gasteiger partial charge is 0.337 e. The molecule has 0 saturated heterocycles. The van der Waals surface area contributed by atoms with Gasteiger partial charge in [-0.1, -0.05) is 30.3 Å². The molecule has 2 N–H and O–H groups in total. The van der Waals surface area contributed by atoms with E-state index in [2.05, 4.69) is 10.3 Å². The summed E-state index contributed by atoms with van der Waals surface area (Å²) in [6.45, 7) is 0.601. The molecule has 1 unspecified atom stereocenters. The monoisotopic (exact) mass is 388 g/mol. The molecule has 3 aromatic rings. The molecule has 1 aromatic heterocycles. The number of ether oxygens (including phenoxy) is 2. The molecule has 1 aliphatic rings. The van der Waals surface area contributed by atoms with Crippen molar-refractivity contribution in [3.63, 3.8) is 0 Å². The van der Waals surface area contributed by atoms with Crippen LogP contribution in [0.5, 0.6) is 17.2 Å². The number of aromatic nitrogens is 1. The third-order valence-electron chi connectivity index (χ3n) is 4.67. The molecule has 6 nitrogen and oxygen atoms in total. The Morgan fingerprint density at radius 2 is 2.03 bits per heavy atom. The van der Waals surface area contributed by atoms with Crippen molar-refractivity contribution in [2.24, 2.45) is 0 Å². The molecule has 6 heteroatoms. The van der Waals surface area contributed by atoms with Gasteiger partial charge in [-0.2, -0.15) is 0 Å². The van der Waals surface area contributed by atoms with E-state index in [4.69, 9.17) is 9.47 Å². The van der Waals surface area contributed by atoms with Crippen LogP contribution in [-0.2, 0) is 0 Å². The quantitative estimate of drug-likeness (QED) is 0.614. The summed E-state index contributed by atoms with van der Waals surface area (Å²) in [5.74, 6) is 1.45. The summed E-state index contributed by atoms with van der Waals surface area (Å²) in [7, 11) is 0. The lowest BCUT2D eigenvalue weighted by molar-refractivity contribution is 0.0698. The number of hydrogen-bond acceptors (Lipinski definition) is 5. The summed E-state index contributed by atoms with van der Waals surface area (Å²) in [5.41, 5.74) is 1.70. The van der Waals surface area contributed by atoms with Crippen molar-refractivity contribution in [3.8, 4) is 17.2 Å². The third kappa shape index (κ3) is 4.38. The van der Waals surface area contributed by atoms with Crippen LogP contribution in [-0.4, -0.2) is 22.7 Å². The van der Waals surface area contributed by atoms with E-state index < -0.39 is 5.97 Å². The van der Waals surface area contributed by atoms with Crippen LogP contribution >= 0.6 is 0 Å². The molecule has 0 saturated carbocycles. The van der Waals surface area contributed by atoms with Crippen LogP contribution < -0.4 is 14.8 Å². The Labute approximate surface area is 168 Å². The Morgan fingerprint density at radius 3 is 2.86 bits per heavy atom. The van der Waals surface area contributed by atoms with E-state index in [9.17, 15) is 9.90 Å². The first kappa shape index (κ1) is 18.6. The maximum Gasteiger partial charge on any atom is 0.337 e. The Hall–Kier alpha value is -3.80. The van der Waals surface area contributed by atoms with Crippen molar-refractivity contribution in [2.45, 2.75) is 12.3 Å². The first-order chi connectivity index (χ1) is 14.2. The molecule has 2 heterocycles. The average Bonchev–Trinajstić information content (AvgIpc) is 2.75. The van der Waals surface area contributed by atoms with Gasteiger partial charge in [0.05, 0.1) is 24.1 Å². The lowest BCUT2D eigenvalue weighted by atomic mass is 9.93. The minimum atomic E-state index is -0.995. The first-order valence-corrected chi connectivity index (χ1v) is 9.31. The van der Waals surface area contributed by atoms with Gasteiger partial charge in [-0.3, -0.25) is 4.98 Å². The molecule has 1 atom stereocenters. The van der Waals surface area contributed by atoms with Gasteiger partial charge < -0.3 is 19.9 Å². The number of allylic oxidation sites excluding steroid dienone is 1. The average molecular weight is 388 g/mol. The molecule has 2 aromatic carbocycles. The number of carboxylic acid groups (broad SMARTS) is 1. The van der Waals surface area contributed by atoms with Crippen molar-refractivity contribution in [1.29, 1.82) is 0 Å². The first-order valence-electron chi connectivity index (χ1n) is 9.31. The van der Waals surface area contributed by atoms with Crippen LogP contribution in [0.2, 0.25) is 0 Å². The predicted molar refractivity (Wildman–Crippen MR) is 110 cm³/mol. The largest absolute Gasteiger partial charge is 0.493 e. The molecule has 0 spiro atoms. The number of rotatable bonds is 6. The van der Waals surface area contributed by atoms with Crippen LogP contribution in [0.15, 0.2) is 79.3 Å². The van der Waals surface area contributed by atoms with E-state index in [1.54, 1.807) is 6.20 Å². The van der Waals surface area contributed by atoms with Crippen LogP contribution in [0, 0.1) is 0 Å². The number of aromatic carboxylic acids is 1. The van der Waals surface area contributed by atoms with Crippen molar-refractivity contribution in [2.75, 3.05) is 11.9 Å². The standard InChI is InChI=1S/C23H20N2O4/c26-23(27)20-9-11-24-15-21(20)25-12-8-16-10-13-28-22-14-18(6-7-19(16)22)29-17-4-2-1-3-5-17/h1-9,11-12,14-16,25H,10,13H2,(H,26,27)/b12-8+. The number of para-hydroxylation sites is 1. The predicted octanol–water partition coefficient (Wildman–Crippen LogP) is 5.06. The Balaban J connectivity index is 1.48. The Kier molecular flexibility index (Phi) is 5.42. The van der Waals surface area contributed by atoms with Crippen LogP contribution in [0.3, 0.4) is 0 Å². The van der Waals surface area contributed by atoms with Gasteiger partial charge in [-0.15, -0.1) is 0 Å². The minimum Gasteiger partial charge on any atom is -0.493 e. The van der Waals surface area contributed by atoms with Gasteiger partial charge in [0.1, 0.15) is 17.2 Å². The summed E-state index contributed by atoms with van der Waals surface area (Å²) in [5, 5.41) is 12.3. The number of carboxylic acids is 1. The van der Waals surface area contributed by atoms with Gasteiger partial charge in [0.15, 0.2) is 0 Å². The van der Waals surface area contributed by atoms with Gasteiger partial charge in [-0.05, 0) is 36.9 Å². The normalized spacial score (nSPS) is 15.4. The lowest BCUT2D eigenvalue weighted by Gasteiger charge is -2.24. The maximum atomic E-state index is 11.3. The molecule has 1 aliphatic heterocycles. The van der Waals surface area contributed by atoms with E-state index in [1.165, 1.54) is 18.5 Å². The zero-order valence-electron chi connectivity index (χ0n) is 15.6. The fourth-order valence-electron chi connectivity index (χ4n) is 3.24. The van der Waals surface area contributed by atoms with Crippen LogP contribution in [0.4, 0.5) is 5.69 Å². The highest BCUT2D eigenvalue weighted by Gasteiger charge is 2.20. The number of fused-ring (bicyclic) bond motifs is 1. The summed E-state index contributed by atoms with van der Waals surface area (Å²) in [6, 6.07) is 16.9. The SMILES string of the molecule is O=C(O)c1ccncc1N/C=C/C1CCOc2cc(Oc3ccccc3)ccc21. The summed E-state index contributed by atoms with van der Waals surface area (Å²) >= 11 is 0. The molecular formula is C23H20N2O4. The molecule has 0 fully saturated rings. The summed E-state index contributed by atoms with van der Waals surface area (Å²) in [6.07, 6.45) is 7.57. The number of benzene rings is 2. The number of carbonyl (C=O) groups is 1. The highest BCUT2D eigenvalue weighted by molar-refractivity contribution is 5.94. The molecule has 0 amide bonds. The minimum absolute atomic E-state index is 0.155. The van der Waals surface area contributed by atoms with Gasteiger partial charge in [0.25, 0.3) is 0 Å². The zero-order valence-corrected chi connectivity index (χ0v) is 15.6. The van der Waals surface area contributed by atoms with Crippen molar-refractivity contribution < 1.29 is 19.4 Å². The Morgan fingerprint density at radius 1 is 1.17 bits per heavy atom. The second kappa shape index (κ2) is 8.48. The number of anilines is 1. The van der Waals surface area contributed by atoms with Gasteiger partial charge in [0, 0.05) is 23.7 Å². The second-order valence-corrected chi connectivity index (χ2v) is 6.59. The highest BCUT2D eigenvalue weighted by Crippen LogP contribution is 2.38. The summed E-state index contributed by atoms with van der Waals surface area (Å²) < 4.78 is 11.7. The number of pyridine rings is 1. The van der Waals surface area contributed by atoms with Crippen LogP contribution in [0.1, 0.15) is 28.3 Å². The molecular weight excluding hydrogens is 368 g/mol. The second-order valence-electron chi connectivity index (χ2n) is 6.59. The fourth-order valence-corrected chi connectivity index (χ4v) is 3.24. The van der Waals surface area contributed by atoms with E-state index >= 15 is 0 Å². The lowest BCUT2D eigenvalue weighted by Crippen LogP contribution is -2.13. The molecule has 4 rings (SSSR count). The maximum absolute atomic E-state index is 11.3.